The van der Waals surface area contributed by atoms with Crippen molar-refractivity contribution in [2.45, 2.75) is 36.3 Å². The lowest BCUT2D eigenvalue weighted by Crippen LogP contribution is -2.74. The quantitative estimate of drug-likeness (QED) is 0.109. The number of hydrogen-bond donors (Lipinski definition) is 4. The first-order chi connectivity index (χ1) is 26.5. The highest BCUT2D eigenvalue weighted by atomic mass is 32.2. The van der Waals surface area contributed by atoms with Gasteiger partial charge < -0.3 is 35.1 Å². The normalized spacial score (nSPS) is 22.0. The number of thiazole rings is 1. The van der Waals surface area contributed by atoms with Crippen molar-refractivity contribution < 1.29 is 52.3 Å². The maximum atomic E-state index is 14.1. The van der Waals surface area contributed by atoms with Gasteiger partial charge in [0, 0.05) is 22.6 Å². The number of carbonyl (C=O) groups excluding carboxylic acids is 6. The Hall–Kier alpha value is -5.32. The number of furan rings is 2. The minimum absolute atomic E-state index is 0.00345. The fourth-order valence-electron chi connectivity index (χ4n) is 6.44. The Balaban J connectivity index is 1.09. The number of nitrogens with one attached hydrogen (secondary N) is 2. The van der Waals surface area contributed by atoms with Gasteiger partial charge in [-0.05, 0) is 48.3 Å². The number of nitrogen functional groups attached to an aromatic ring is 1. The number of nitrogens with zero attached hydrogens (tertiary/aromatic N) is 4. The number of rotatable bonds is 13. The van der Waals surface area contributed by atoms with Gasteiger partial charge in [0.25, 0.3) is 33.9 Å². The van der Waals surface area contributed by atoms with Crippen molar-refractivity contribution in [1.29, 1.82) is 0 Å². The first-order valence-corrected chi connectivity index (χ1v) is 20.2. The smallest absolute Gasteiger partial charge is 0.352 e. The van der Waals surface area contributed by atoms with Crippen LogP contribution in [0.4, 0.5) is 5.13 Å². The van der Waals surface area contributed by atoms with E-state index in [2.05, 4.69) is 20.8 Å². The van der Waals surface area contributed by atoms with Gasteiger partial charge in [0.1, 0.15) is 41.7 Å². The van der Waals surface area contributed by atoms with Gasteiger partial charge in [-0.25, -0.2) is 9.78 Å². The van der Waals surface area contributed by atoms with Crippen LogP contribution in [-0.2, 0) is 28.8 Å². The maximum Gasteiger partial charge on any atom is 0.352 e. The molecule has 22 heteroatoms. The van der Waals surface area contributed by atoms with Crippen molar-refractivity contribution in [3.8, 4) is 0 Å². The number of aliphatic carboxylic acids is 1. The van der Waals surface area contributed by atoms with E-state index in [0.717, 1.165) is 39.8 Å². The second-order valence-corrected chi connectivity index (χ2v) is 16.0. The van der Waals surface area contributed by atoms with E-state index in [-0.39, 0.29) is 63.1 Å². The number of aromatic nitrogens is 1. The molecule has 0 bridgehead atoms. The number of β-lactam (4-membered cyclic amide) rings is 2. The van der Waals surface area contributed by atoms with Gasteiger partial charge >= 0.3 is 5.97 Å². The van der Waals surface area contributed by atoms with Crippen LogP contribution >= 0.6 is 46.6 Å². The fraction of sp³-hybridized carbons (Fsp3) is 0.303. The molecule has 3 aromatic rings. The van der Waals surface area contributed by atoms with Gasteiger partial charge in [0.15, 0.2) is 22.4 Å². The molecule has 0 saturated carbocycles. The summed E-state index contributed by atoms with van der Waals surface area (Å²) < 4.78 is 10.3. The van der Waals surface area contributed by atoms with Crippen molar-refractivity contribution in [1.82, 2.24) is 25.4 Å². The summed E-state index contributed by atoms with van der Waals surface area (Å²) in [7, 11) is 1.24. The second-order valence-electron chi connectivity index (χ2n) is 12.1. The molecule has 4 atom stereocenters. The molecule has 4 aliphatic rings. The maximum absolute atomic E-state index is 14.1. The van der Waals surface area contributed by atoms with Gasteiger partial charge in [0.05, 0.1) is 18.6 Å². The Morgan fingerprint density at radius 2 is 1.64 bits per heavy atom. The van der Waals surface area contributed by atoms with Crippen LogP contribution in [0.1, 0.15) is 39.6 Å². The minimum Gasteiger partial charge on any atom is -0.477 e. The molecule has 0 unspecified atom stereocenters. The number of nitrogens with two attached hydrogens (primary N) is 1. The predicted octanol–water partition coefficient (Wildman–Crippen LogP) is 1.89. The zero-order chi connectivity index (χ0) is 39.0. The van der Waals surface area contributed by atoms with Crippen LogP contribution in [0.15, 0.2) is 78.7 Å². The highest BCUT2D eigenvalue weighted by Gasteiger charge is 2.57. The first kappa shape index (κ1) is 38.0. The number of amides is 4. The Morgan fingerprint density at radius 3 is 2.22 bits per heavy atom. The number of anilines is 1. The van der Waals surface area contributed by atoms with E-state index in [1.807, 2.05) is 0 Å². The highest BCUT2D eigenvalue weighted by molar-refractivity contribution is 8.14. The van der Waals surface area contributed by atoms with E-state index in [1.165, 1.54) is 53.8 Å². The number of hydrogen-bond acceptors (Lipinski definition) is 17. The van der Waals surface area contributed by atoms with Crippen molar-refractivity contribution in [3.63, 3.8) is 0 Å². The lowest BCUT2D eigenvalue weighted by atomic mass is 9.83. The molecule has 4 amide bonds. The monoisotopic (exact) mass is 827 g/mol. The third kappa shape index (κ3) is 7.28. The highest BCUT2D eigenvalue weighted by Crippen LogP contribution is 2.43. The average Bonchev–Trinajstić information content (AvgIpc) is 3.99. The molecule has 2 fully saturated rings. The van der Waals surface area contributed by atoms with Crippen LogP contribution in [0.25, 0.3) is 0 Å². The summed E-state index contributed by atoms with van der Waals surface area (Å²) in [6.07, 6.45) is 3.24. The molecule has 0 aromatic carbocycles. The van der Waals surface area contributed by atoms with Crippen molar-refractivity contribution in [3.05, 3.63) is 81.9 Å². The number of carbonyl (C=O) groups is 7. The molecule has 55 heavy (non-hydrogen) atoms. The topological polar surface area (TPSA) is 257 Å². The van der Waals surface area contributed by atoms with E-state index in [1.54, 1.807) is 12.1 Å². The number of thioether (sulfide) groups is 3. The van der Waals surface area contributed by atoms with Crippen LogP contribution in [0.2, 0.25) is 0 Å². The third-order valence-electron chi connectivity index (χ3n) is 8.94. The molecule has 18 nitrogen and oxygen atoms in total. The summed E-state index contributed by atoms with van der Waals surface area (Å²) in [6.45, 7) is 0. The lowest BCUT2D eigenvalue weighted by Gasteiger charge is -2.52. The number of oxime groups is 1. The fourth-order valence-corrected chi connectivity index (χ4v) is 10.1. The summed E-state index contributed by atoms with van der Waals surface area (Å²) in [5, 5.41) is 19.3. The van der Waals surface area contributed by atoms with E-state index in [0.29, 0.717) is 17.6 Å². The van der Waals surface area contributed by atoms with E-state index < -0.39 is 63.3 Å². The third-order valence-corrected chi connectivity index (χ3v) is 12.9. The van der Waals surface area contributed by atoms with E-state index >= 15 is 0 Å². The van der Waals surface area contributed by atoms with Gasteiger partial charge in [0.2, 0.25) is 0 Å². The lowest BCUT2D eigenvalue weighted by molar-refractivity contribution is -0.156. The van der Waals surface area contributed by atoms with Crippen molar-refractivity contribution in [2.24, 2.45) is 5.16 Å². The SMILES string of the molecule is CO/N=C(\C(=O)N[C@@H]1C(=O)N2C(C(=O)N[C@@H]3C(=O)N4C(C(=O)O)=C(CSC(=O)c5ccco5)CC[C@H]34)=C(CSC(=O)c3ccco3)CS[C@H]12)c1csc(N)n1. The summed E-state index contributed by atoms with van der Waals surface area (Å²) >= 11 is 4.05. The van der Waals surface area contributed by atoms with Crippen LogP contribution in [0.5, 0.6) is 0 Å². The molecule has 0 spiro atoms. The molecular weight excluding hydrogens is 799 g/mol. The molecule has 286 valence electrons. The standard InChI is InChI=1S/C33H29N7O11S4/c1-49-38-20(16-13-55-33(34)35-16)25(41)37-22-28(44)40-23(15(11-52-29(22)40)12-54-32(48)19-5-3-9-51-19)26(42)36-21-17-7-6-14(24(30(45)46)39(17)27(21)43)10-53-31(47)18-4-2-8-50-18/h2-5,8-9,13,17,21-22,29H,6-7,10-12H2,1H3,(H2,34,35)(H,36,42)(H,37,41)(H,45,46)/b38-20-/t17-,21+,22-,29-/m1/s1. The van der Waals surface area contributed by atoms with Crippen LogP contribution < -0.4 is 16.4 Å². The van der Waals surface area contributed by atoms with Gasteiger partial charge in [-0.3, -0.25) is 38.6 Å². The molecule has 0 radical (unpaired) electrons. The molecule has 3 aromatic heterocycles. The number of fused-ring (bicyclic) bond motifs is 2. The second kappa shape index (κ2) is 15.8. The molecule has 4 aliphatic heterocycles. The molecule has 7 heterocycles. The number of carboxylic acid groups (broad SMARTS) is 1. The van der Waals surface area contributed by atoms with E-state index in [9.17, 15) is 38.7 Å². The summed E-state index contributed by atoms with van der Waals surface area (Å²) in [5.74, 6) is -3.81. The van der Waals surface area contributed by atoms with E-state index in [4.69, 9.17) is 19.4 Å². The van der Waals surface area contributed by atoms with Crippen LogP contribution in [0, 0.1) is 0 Å². The molecule has 2 saturated heterocycles. The van der Waals surface area contributed by atoms with Crippen molar-refractivity contribution >= 4 is 97.3 Å². The van der Waals surface area contributed by atoms with Gasteiger partial charge in [-0.15, -0.1) is 23.1 Å². The Labute approximate surface area is 327 Å². The zero-order valence-electron chi connectivity index (χ0n) is 28.4. The first-order valence-electron chi connectivity index (χ1n) is 16.3. The Kier molecular flexibility index (Phi) is 10.9. The summed E-state index contributed by atoms with van der Waals surface area (Å²) in [6, 6.07) is 3.19. The predicted molar refractivity (Wildman–Crippen MR) is 200 cm³/mol. The van der Waals surface area contributed by atoms with Crippen molar-refractivity contribution in [2.75, 3.05) is 30.1 Å². The van der Waals surface area contributed by atoms with Gasteiger partial charge in [-0.1, -0.05) is 28.7 Å². The summed E-state index contributed by atoms with van der Waals surface area (Å²) in [5.41, 5.74) is 6.12. The number of carboxylic acids is 1. The molecule has 5 N–H and O–H groups in total. The molecule has 7 rings (SSSR count). The zero-order valence-corrected chi connectivity index (χ0v) is 31.7. The van der Waals surface area contributed by atoms with Crippen LogP contribution in [-0.4, -0.2) is 113 Å². The van der Waals surface area contributed by atoms with Crippen LogP contribution in [0.3, 0.4) is 0 Å². The Morgan fingerprint density at radius 1 is 0.982 bits per heavy atom. The molecular formula is C33H29N7O11S4. The largest absolute Gasteiger partial charge is 0.477 e. The van der Waals surface area contributed by atoms with Gasteiger partial charge in [-0.2, -0.15) is 0 Å². The summed E-state index contributed by atoms with van der Waals surface area (Å²) in [4.78, 5) is 104. The average molecular weight is 828 g/mol. The molecule has 0 aliphatic carbocycles. The minimum atomic E-state index is -1.35. The Bertz CT molecular complexity index is 2180.